The summed E-state index contributed by atoms with van der Waals surface area (Å²) in [6.45, 7) is 1.79. The highest BCUT2D eigenvalue weighted by Crippen LogP contribution is 2.43. The summed E-state index contributed by atoms with van der Waals surface area (Å²) in [5, 5.41) is 10.9. The average Bonchev–Trinajstić information content (AvgIpc) is 3.24. The second-order valence-electron chi connectivity index (χ2n) is 7.45. The van der Waals surface area contributed by atoms with Gasteiger partial charge in [-0.05, 0) is 56.2 Å². The summed E-state index contributed by atoms with van der Waals surface area (Å²) in [7, 11) is 0. The molecule has 1 aliphatic heterocycles. The molecule has 2 aromatic rings. The smallest absolute Gasteiger partial charge is 0.296 e. The van der Waals surface area contributed by atoms with Gasteiger partial charge in [0, 0.05) is 11.6 Å². The number of rotatable bonds is 3. The molecule has 1 saturated heterocycles. The van der Waals surface area contributed by atoms with Crippen molar-refractivity contribution in [1.82, 2.24) is 4.90 Å². The van der Waals surface area contributed by atoms with E-state index in [9.17, 15) is 19.1 Å². The Balaban J connectivity index is 1.85. The molecule has 6 heteroatoms. The number of hydrogen-bond donors (Lipinski definition) is 1. The first kappa shape index (κ1) is 18.5. The van der Waals surface area contributed by atoms with Crippen LogP contribution in [0.15, 0.2) is 46.4 Å². The third-order valence-corrected chi connectivity index (χ3v) is 5.60. The van der Waals surface area contributed by atoms with Gasteiger partial charge in [-0.2, -0.15) is 0 Å². The molecule has 2 heterocycles. The number of amides is 1. The number of halogens is 1. The molecule has 0 radical (unpaired) electrons. The maximum absolute atomic E-state index is 13.3. The fourth-order valence-corrected chi connectivity index (χ4v) is 4.23. The molecule has 1 amide bonds. The molecule has 2 aliphatic rings. The van der Waals surface area contributed by atoms with Crippen molar-refractivity contribution in [3.05, 3.63) is 64.9 Å². The zero-order chi connectivity index (χ0) is 19.8. The Labute approximate surface area is 162 Å². The number of furan rings is 1. The summed E-state index contributed by atoms with van der Waals surface area (Å²) in [6.07, 6.45) is 4.74. The van der Waals surface area contributed by atoms with Crippen LogP contribution < -0.4 is 0 Å². The Morgan fingerprint density at radius 2 is 1.75 bits per heavy atom. The van der Waals surface area contributed by atoms with Crippen molar-refractivity contribution in [1.29, 1.82) is 0 Å². The highest BCUT2D eigenvalue weighted by atomic mass is 19.1. The molecule has 0 spiro atoms. The van der Waals surface area contributed by atoms with E-state index < -0.39 is 23.5 Å². The van der Waals surface area contributed by atoms with Gasteiger partial charge in [-0.3, -0.25) is 9.59 Å². The lowest BCUT2D eigenvalue weighted by atomic mass is 9.92. The van der Waals surface area contributed by atoms with Gasteiger partial charge in [-0.25, -0.2) is 4.39 Å². The topological polar surface area (TPSA) is 70.8 Å². The fraction of sp³-hybridized carbons (Fsp3) is 0.364. The fourth-order valence-electron chi connectivity index (χ4n) is 4.23. The third kappa shape index (κ3) is 3.13. The number of hydrogen-bond acceptors (Lipinski definition) is 4. The summed E-state index contributed by atoms with van der Waals surface area (Å²) in [5.74, 6) is -0.994. The molecular formula is C22H22FNO4. The Kier molecular flexibility index (Phi) is 4.79. The van der Waals surface area contributed by atoms with E-state index in [1.54, 1.807) is 24.0 Å². The summed E-state index contributed by atoms with van der Waals surface area (Å²) < 4.78 is 19.0. The number of aliphatic hydroxyl groups excluding tert-OH is 1. The zero-order valence-corrected chi connectivity index (χ0v) is 15.7. The van der Waals surface area contributed by atoms with E-state index in [0.29, 0.717) is 11.5 Å². The van der Waals surface area contributed by atoms with Crippen LogP contribution in [0.25, 0.3) is 5.76 Å². The predicted molar refractivity (Wildman–Crippen MR) is 101 cm³/mol. The molecule has 5 nitrogen and oxygen atoms in total. The van der Waals surface area contributed by atoms with Crippen molar-refractivity contribution in [3.63, 3.8) is 0 Å². The Bertz CT molecular complexity index is 938. The monoisotopic (exact) mass is 383 g/mol. The van der Waals surface area contributed by atoms with Crippen molar-refractivity contribution in [3.8, 4) is 0 Å². The van der Waals surface area contributed by atoms with Crippen molar-refractivity contribution in [2.45, 2.75) is 51.1 Å². The Morgan fingerprint density at radius 1 is 1.07 bits per heavy atom. The Morgan fingerprint density at radius 3 is 2.36 bits per heavy atom. The number of aryl methyl sites for hydroxylation is 1. The lowest BCUT2D eigenvalue weighted by Gasteiger charge is -2.34. The van der Waals surface area contributed by atoms with Crippen LogP contribution in [0.1, 0.15) is 55.2 Å². The molecule has 2 fully saturated rings. The van der Waals surface area contributed by atoms with Crippen LogP contribution in [0.2, 0.25) is 0 Å². The minimum Gasteiger partial charge on any atom is -0.507 e. The van der Waals surface area contributed by atoms with E-state index in [2.05, 4.69) is 0 Å². The molecule has 1 atom stereocenters. The van der Waals surface area contributed by atoms with Crippen molar-refractivity contribution in [2.75, 3.05) is 0 Å². The number of carbonyl (C=O) groups excluding carboxylic acids is 2. The van der Waals surface area contributed by atoms with Gasteiger partial charge < -0.3 is 14.4 Å². The minimum atomic E-state index is -0.776. The van der Waals surface area contributed by atoms with Crippen LogP contribution in [-0.4, -0.2) is 27.7 Å². The molecule has 146 valence electrons. The maximum Gasteiger partial charge on any atom is 0.296 e. The first-order valence-electron chi connectivity index (χ1n) is 9.59. The first-order chi connectivity index (χ1) is 13.5. The normalized spacial score (nSPS) is 22.8. The van der Waals surface area contributed by atoms with Crippen molar-refractivity contribution >= 4 is 17.4 Å². The molecule has 1 aromatic carbocycles. The van der Waals surface area contributed by atoms with Crippen LogP contribution in [0, 0.1) is 12.7 Å². The lowest BCUT2D eigenvalue weighted by Crippen LogP contribution is -2.40. The van der Waals surface area contributed by atoms with E-state index in [1.165, 1.54) is 24.3 Å². The second kappa shape index (κ2) is 7.26. The summed E-state index contributed by atoms with van der Waals surface area (Å²) in [5.41, 5.74) is 0.285. The number of Topliss-reactive ketones (excluding diaryl/α,β-unsaturated/α-hetero) is 1. The van der Waals surface area contributed by atoms with Crippen molar-refractivity contribution < 1.29 is 23.5 Å². The summed E-state index contributed by atoms with van der Waals surface area (Å²) in [6, 6.07) is 7.86. The van der Waals surface area contributed by atoms with Crippen LogP contribution >= 0.6 is 0 Å². The SMILES string of the molecule is Cc1ccc(C2/C(=C(/O)c3ccc(F)cc3)C(=O)C(=O)N2C2CCCCC2)o1. The van der Waals surface area contributed by atoms with Gasteiger partial charge in [0.15, 0.2) is 0 Å². The predicted octanol–water partition coefficient (Wildman–Crippen LogP) is 4.48. The van der Waals surface area contributed by atoms with E-state index in [4.69, 9.17) is 4.42 Å². The highest BCUT2D eigenvalue weighted by molar-refractivity contribution is 6.46. The van der Waals surface area contributed by atoms with Crippen molar-refractivity contribution in [2.24, 2.45) is 0 Å². The van der Waals surface area contributed by atoms with Gasteiger partial charge in [0.05, 0.1) is 5.57 Å². The quantitative estimate of drug-likeness (QED) is 0.482. The molecule has 0 bridgehead atoms. The van der Waals surface area contributed by atoms with Crippen LogP contribution in [0.5, 0.6) is 0 Å². The third-order valence-electron chi connectivity index (χ3n) is 5.60. The number of carbonyl (C=O) groups is 2. The largest absolute Gasteiger partial charge is 0.507 e. The number of aliphatic hydroxyl groups is 1. The zero-order valence-electron chi connectivity index (χ0n) is 15.7. The standard InChI is InChI=1S/C22H22FNO4/c1-13-7-12-17(28-13)19-18(20(25)14-8-10-15(23)11-9-14)21(26)22(27)24(19)16-5-3-2-4-6-16/h7-12,16,19,25H,2-6H2,1H3/b20-18-. The van der Waals surface area contributed by atoms with Gasteiger partial charge >= 0.3 is 0 Å². The molecule has 1 saturated carbocycles. The number of nitrogens with zero attached hydrogens (tertiary/aromatic N) is 1. The maximum atomic E-state index is 13.3. The van der Waals surface area contributed by atoms with E-state index >= 15 is 0 Å². The second-order valence-corrected chi connectivity index (χ2v) is 7.45. The van der Waals surface area contributed by atoms with E-state index in [1.807, 2.05) is 0 Å². The summed E-state index contributed by atoms with van der Waals surface area (Å²) >= 11 is 0. The molecule has 1 unspecified atom stereocenters. The van der Waals surface area contributed by atoms with Gasteiger partial charge in [0.1, 0.15) is 29.1 Å². The van der Waals surface area contributed by atoms with Gasteiger partial charge in [-0.15, -0.1) is 0 Å². The molecule has 4 rings (SSSR count). The minimum absolute atomic E-state index is 0.00321. The van der Waals surface area contributed by atoms with Gasteiger partial charge in [0.2, 0.25) is 0 Å². The van der Waals surface area contributed by atoms with Gasteiger partial charge in [0.25, 0.3) is 11.7 Å². The van der Waals surface area contributed by atoms with E-state index in [0.717, 1.165) is 32.1 Å². The highest BCUT2D eigenvalue weighted by Gasteiger charge is 2.50. The number of likely N-dealkylation sites (tertiary alicyclic amines) is 1. The Hall–Kier alpha value is -2.89. The first-order valence-corrected chi connectivity index (χ1v) is 9.59. The molecule has 28 heavy (non-hydrogen) atoms. The summed E-state index contributed by atoms with van der Waals surface area (Å²) in [4.78, 5) is 27.4. The number of ketones is 1. The lowest BCUT2D eigenvalue weighted by molar-refractivity contribution is -0.142. The number of benzene rings is 1. The van der Waals surface area contributed by atoms with Gasteiger partial charge in [-0.1, -0.05) is 19.3 Å². The van der Waals surface area contributed by atoms with E-state index in [-0.39, 0.29) is 22.9 Å². The van der Waals surface area contributed by atoms with Crippen LogP contribution in [-0.2, 0) is 9.59 Å². The van der Waals surface area contributed by atoms with Crippen LogP contribution in [0.3, 0.4) is 0 Å². The molecule has 1 aromatic heterocycles. The average molecular weight is 383 g/mol. The molecule has 1 aliphatic carbocycles. The molecular weight excluding hydrogens is 361 g/mol. The molecule has 1 N–H and O–H groups in total. The van der Waals surface area contributed by atoms with Crippen LogP contribution in [0.4, 0.5) is 4.39 Å².